The number of hydrogen-bond donors (Lipinski definition) is 1. The van der Waals surface area contributed by atoms with Crippen LogP contribution in [-0.2, 0) is 15.6 Å². The minimum atomic E-state index is -0.731. The second kappa shape index (κ2) is 6.23. The number of rotatable bonds is 4. The van der Waals surface area contributed by atoms with Gasteiger partial charge in [-0.2, -0.15) is 0 Å². The van der Waals surface area contributed by atoms with E-state index in [1.807, 2.05) is 0 Å². The monoisotopic (exact) mass is 232 g/mol. The summed E-state index contributed by atoms with van der Waals surface area (Å²) in [6.45, 7) is 3.29. The Morgan fingerprint density at radius 2 is 2.07 bits per heavy atom. The highest BCUT2D eigenvalue weighted by Crippen LogP contribution is 2.06. The molecule has 0 spiro atoms. The molecular weight excluding hydrogens is 212 g/mol. The van der Waals surface area contributed by atoms with Crippen molar-refractivity contribution in [3.63, 3.8) is 0 Å². The van der Waals surface area contributed by atoms with Gasteiger partial charge in [-0.3, -0.25) is 9.00 Å². The Morgan fingerprint density at radius 1 is 1.47 bits per heavy atom. The maximum Gasteiger partial charge on any atom is 0.239 e. The third-order valence-corrected chi connectivity index (χ3v) is 3.95. The van der Waals surface area contributed by atoms with Crippen LogP contribution in [0.2, 0.25) is 0 Å². The number of nitrogens with two attached hydrogens (primary N) is 1. The molecule has 88 valence electrons. The van der Waals surface area contributed by atoms with Gasteiger partial charge in [0, 0.05) is 35.4 Å². The van der Waals surface area contributed by atoms with E-state index in [0.717, 1.165) is 19.3 Å². The number of carbonyl (C=O) groups is 1. The van der Waals surface area contributed by atoms with Gasteiger partial charge in [-0.15, -0.1) is 0 Å². The van der Waals surface area contributed by atoms with Crippen LogP contribution >= 0.6 is 0 Å². The lowest BCUT2D eigenvalue weighted by molar-refractivity contribution is -0.132. The summed E-state index contributed by atoms with van der Waals surface area (Å²) in [6.07, 6.45) is 2.81. The minimum absolute atomic E-state index is 0.0279. The fraction of sp³-hybridized carbons (Fsp3) is 0.900. The van der Waals surface area contributed by atoms with Crippen molar-refractivity contribution in [3.05, 3.63) is 0 Å². The average Bonchev–Trinajstić information content (AvgIpc) is 2.26. The van der Waals surface area contributed by atoms with Gasteiger partial charge in [-0.25, -0.2) is 0 Å². The predicted octanol–water partition coefficient (Wildman–Crippen LogP) is 0.0948. The van der Waals surface area contributed by atoms with Crippen LogP contribution in [0.15, 0.2) is 0 Å². The average molecular weight is 232 g/mol. The van der Waals surface area contributed by atoms with Gasteiger partial charge in [0.25, 0.3) is 0 Å². The van der Waals surface area contributed by atoms with Crippen molar-refractivity contribution in [2.24, 2.45) is 5.73 Å². The molecule has 2 N–H and O–H groups in total. The van der Waals surface area contributed by atoms with E-state index < -0.39 is 10.8 Å². The molecule has 1 fully saturated rings. The number of amides is 1. The van der Waals surface area contributed by atoms with E-state index in [9.17, 15) is 9.00 Å². The zero-order chi connectivity index (χ0) is 11.3. The van der Waals surface area contributed by atoms with E-state index in [1.54, 1.807) is 4.90 Å². The van der Waals surface area contributed by atoms with Gasteiger partial charge in [0.15, 0.2) is 0 Å². The summed E-state index contributed by atoms with van der Waals surface area (Å²) < 4.78 is 11.1. The minimum Gasteiger partial charge on any atom is -0.340 e. The molecule has 0 bridgehead atoms. The van der Waals surface area contributed by atoms with Crippen molar-refractivity contribution >= 4 is 16.7 Å². The van der Waals surface area contributed by atoms with E-state index in [4.69, 9.17) is 5.73 Å². The molecule has 1 unspecified atom stereocenters. The molecular formula is C10H20N2O2S. The van der Waals surface area contributed by atoms with Crippen LogP contribution < -0.4 is 5.73 Å². The molecule has 0 aromatic carbocycles. The third kappa shape index (κ3) is 3.91. The van der Waals surface area contributed by atoms with Crippen LogP contribution in [0.3, 0.4) is 0 Å². The SMILES string of the molecule is CCCCC(N)C(=O)N1CCS(=O)CC1. The van der Waals surface area contributed by atoms with Crippen molar-refractivity contribution in [1.29, 1.82) is 0 Å². The van der Waals surface area contributed by atoms with Crippen molar-refractivity contribution in [3.8, 4) is 0 Å². The normalized spacial score (nSPS) is 20.3. The first kappa shape index (κ1) is 12.6. The molecule has 15 heavy (non-hydrogen) atoms. The molecule has 0 radical (unpaired) electrons. The number of nitrogens with zero attached hydrogens (tertiary/aromatic N) is 1. The molecule has 0 aromatic heterocycles. The van der Waals surface area contributed by atoms with Gasteiger partial charge < -0.3 is 10.6 Å². The highest BCUT2D eigenvalue weighted by atomic mass is 32.2. The maximum absolute atomic E-state index is 11.8. The molecule has 1 rings (SSSR count). The molecule has 4 nitrogen and oxygen atoms in total. The van der Waals surface area contributed by atoms with Crippen LogP contribution in [-0.4, -0.2) is 45.7 Å². The Kier molecular flexibility index (Phi) is 5.25. The van der Waals surface area contributed by atoms with Crippen molar-refractivity contribution in [1.82, 2.24) is 4.90 Å². The fourth-order valence-corrected chi connectivity index (χ4v) is 2.69. The van der Waals surface area contributed by atoms with Crippen LogP contribution in [0.1, 0.15) is 26.2 Å². The van der Waals surface area contributed by atoms with Gasteiger partial charge in [-0.1, -0.05) is 19.8 Å². The third-order valence-electron chi connectivity index (χ3n) is 2.68. The first-order valence-corrected chi connectivity index (χ1v) is 7.03. The number of unbranched alkanes of at least 4 members (excludes halogenated alkanes) is 1. The molecule has 1 aliphatic heterocycles. The Bertz CT molecular complexity index is 236. The predicted molar refractivity (Wildman–Crippen MR) is 62.0 cm³/mol. The maximum atomic E-state index is 11.8. The Hall–Kier alpha value is -0.420. The van der Waals surface area contributed by atoms with Crippen molar-refractivity contribution in [2.75, 3.05) is 24.6 Å². The molecule has 0 aromatic rings. The Morgan fingerprint density at radius 3 is 2.60 bits per heavy atom. The standard InChI is InChI=1S/C10H20N2O2S/c1-2-3-4-9(11)10(13)12-5-7-15(14)8-6-12/h9H,2-8,11H2,1H3. The van der Waals surface area contributed by atoms with E-state index in [1.165, 1.54) is 0 Å². The zero-order valence-corrected chi connectivity index (χ0v) is 10.1. The summed E-state index contributed by atoms with van der Waals surface area (Å²) in [5.41, 5.74) is 5.80. The lowest BCUT2D eigenvalue weighted by Gasteiger charge is -2.28. The highest BCUT2D eigenvalue weighted by molar-refractivity contribution is 7.85. The fourth-order valence-electron chi connectivity index (χ4n) is 1.64. The summed E-state index contributed by atoms with van der Waals surface area (Å²) in [7, 11) is -0.731. The summed E-state index contributed by atoms with van der Waals surface area (Å²) >= 11 is 0. The molecule has 1 saturated heterocycles. The first-order chi connectivity index (χ1) is 7.15. The van der Waals surface area contributed by atoms with Gasteiger partial charge in [0.1, 0.15) is 0 Å². The van der Waals surface area contributed by atoms with Gasteiger partial charge in [0.05, 0.1) is 6.04 Å². The summed E-state index contributed by atoms with van der Waals surface area (Å²) in [5.74, 6) is 1.23. The molecule has 0 saturated carbocycles. The quantitative estimate of drug-likeness (QED) is 0.747. The second-order valence-corrected chi connectivity index (χ2v) is 5.62. The Balaban J connectivity index is 2.35. The largest absolute Gasteiger partial charge is 0.340 e. The van der Waals surface area contributed by atoms with E-state index in [2.05, 4.69) is 6.92 Å². The van der Waals surface area contributed by atoms with Crippen molar-refractivity contribution in [2.45, 2.75) is 32.2 Å². The summed E-state index contributed by atoms with van der Waals surface area (Å²) in [4.78, 5) is 13.6. The number of carbonyl (C=O) groups excluding carboxylic acids is 1. The van der Waals surface area contributed by atoms with Gasteiger partial charge >= 0.3 is 0 Å². The van der Waals surface area contributed by atoms with Crippen LogP contribution in [0.4, 0.5) is 0 Å². The van der Waals surface area contributed by atoms with Gasteiger partial charge in [-0.05, 0) is 6.42 Å². The van der Waals surface area contributed by atoms with Crippen LogP contribution in [0.5, 0.6) is 0 Å². The molecule has 1 atom stereocenters. The second-order valence-electron chi connectivity index (χ2n) is 3.92. The van der Waals surface area contributed by atoms with Crippen LogP contribution in [0.25, 0.3) is 0 Å². The molecule has 1 amide bonds. The number of hydrogen-bond acceptors (Lipinski definition) is 3. The molecule has 1 heterocycles. The lowest BCUT2D eigenvalue weighted by atomic mass is 10.1. The first-order valence-electron chi connectivity index (χ1n) is 5.54. The topological polar surface area (TPSA) is 63.4 Å². The van der Waals surface area contributed by atoms with E-state index in [-0.39, 0.29) is 11.9 Å². The highest BCUT2D eigenvalue weighted by Gasteiger charge is 2.23. The Labute approximate surface area is 93.7 Å². The smallest absolute Gasteiger partial charge is 0.239 e. The van der Waals surface area contributed by atoms with Crippen LogP contribution in [0, 0.1) is 0 Å². The van der Waals surface area contributed by atoms with Gasteiger partial charge in [0.2, 0.25) is 5.91 Å². The van der Waals surface area contributed by atoms with E-state index in [0.29, 0.717) is 24.6 Å². The zero-order valence-electron chi connectivity index (χ0n) is 9.28. The van der Waals surface area contributed by atoms with E-state index >= 15 is 0 Å². The summed E-state index contributed by atoms with van der Waals surface area (Å²) in [6, 6.07) is -0.364. The molecule has 0 aliphatic carbocycles. The molecule has 1 aliphatic rings. The molecule has 5 heteroatoms. The van der Waals surface area contributed by atoms with Crippen molar-refractivity contribution < 1.29 is 9.00 Å². The summed E-state index contributed by atoms with van der Waals surface area (Å²) in [5, 5.41) is 0. The lowest BCUT2D eigenvalue weighted by Crippen LogP contribution is -2.49.